The maximum Gasteiger partial charge on any atom is 0.250 e. The highest BCUT2D eigenvalue weighted by Crippen LogP contribution is 2.36. The Morgan fingerprint density at radius 1 is 1.75 bits per heavy atom. The van der Waals surface area contributed by atoms with Crippen molar-refractivity contribution in [2.45, 2.75) is 18.2 Å². The minimum Gasteiger partial charge on any atom is -0.259 e. The monoisotopic (exact) mass is 231 g/mol. The Kier molecular flexibility index (Phi) is 2.37. The minimum atomic E-state index is -0.326. The standard InChI is InChI=1S/C8H10BrNO2/c1-6-7(10(11)12)4-3-5-8(6,2)9/h3-6H,1-2H3. The van der Waals surface area contributed by atoms with Crippen LogP contribution in [0, 0.1) is 16.0 Å². The molecular weight excluding hydrogens is 222 g/mol. The highest BCUT2D eigenvalue weighted by molar-refractivity contribution is 9.10. The molecule has 0 heterocycles. The average Bonchev–Trinajstić information content (AvgIpc) is 1.94. The van der Waals surface area contributed by atoms with Gasteiger partial charge in [-0.15, -0.1) is 0 Å². The first kappa shape index (κ1) is 9.45. The van der Waals surface area contributed by atoms with Crippen molar-refractivity contribution in [2.75, 3.05) is 0 Å². The Bertz CT molecular complexity index is 268. The van der Waals surface area contributed by atoms with Crippen LogP contribution in [0.3, 0.4) is 0 Å². The zero-order valence-corrected chi connectivity index (χ0v) is 8.54. The fourth-order valence-electron chi connectivity index (χ4n) is 1.13. The number of allylic oxidation sites excluding steroid dienone is 4. The van der Waals surface area contributed by atoms with Crippen molar-refractivity contribution >= 4 is 15.9 Å². The van der Waals surface area contributed by atoms with Crippen LogP contribution in [0.1, 0.15) is 13.8 Å². The van der Waals surface area contributed by atoms with Gasteiger partial charge in [-0.3, -0.25) is 10.1 Å². The van der Waals surface area contributed by atoms with Gasteiger partial charge in [-0.25, -0.2) is 0 Å². The molecule has 0 spiro atoms. The molecule has 0 saturated carbocycles. The second kappa shape index (κ2) is 3.01. The number of alkyl halides is 1. The van der Waals surface area contributed by atoms with Crippen LogP contribution in [0.4, 0.5) is 0 Å². The molecular formula is C8H10BrNO2. The van der Waals surface area contributed by atoms with E-state index in [2.05, 4.69) is 15.9 Å². The van der Waals surface area contributed by atoms with Gasteiger partial charge in [-0.2, -0.15) is 0 Å². The third-order valence-electron chi connectivity index (χ3n) is 2.19. The van der Waals surface area contributed by atoms with E-state index in [0.717, 1.165) is 0 Å². The van der Waals surface area contributed by atoms with Crippen molar-refractivity contribution < 1.29 is 4.92 Å². The van der Waals surface area contributed by atoms with Crippen molar-refractivity contribution in [2.24, 2.45) is 5.92 Å². The van der Waals surface area contributed by atoms with E-state index < -0.39 is 0 Å². The zero-order valence-electron chi connectivity index (χ0n) is 6.95. The predicted molar refractivity (Wildman–Crippen MR) is 50.7 cm³/mol. The lowest BCUT2D eigenvalue weighted by Gasteiger charge is -2.26. The molecule has 0 aliphatic heterocycles. The van der Waals surface area contributed by atoms with Crippen LogP contribution >= 0.6 is 15.9 Å². The molecule has 66 valence electrons. The minimum absolute atomic E-state index is 0.0995. The molecule has 0 aromatic carbocycles. The molecule has 0 aromatic rings. The lowest BCUT2D eigenvalue weighted by molar-refractivity contribution is -0.434. The molecule has 1 aliphatic carbocycles. The molecule has 1 rings (SSSR count). The van der Waals surface area contributed by atoms with E-state index >= 15 is 0 Å². The second-order valence-corrected chi connectivity index (χ2v) is 4.79. The summed E-state index contributed by atoms with van der Waals surface area (Å²) in [6.07, 6.45) is 5.19. The fraction of sp³-hybridized carbons (Fsp3) is 0.500. The smallest absolute Gasteiger partial charge is 0.250 e. The third-order valence-corrected chi connectivity index (χ3v) is 3.14. The number of nitro groups is 1. The van der Waals surface area contributed by atoms with Gasteiger partial charge in [0, 0.05) is 6.08 Å². The van der Waals surface area contributed by atoms with E-state index in [1.165, 1.54) is 0 Å². The molecule has 0 fully saturated rings. The van der Waals surface area contributed by atoms with Crippen molar-refractivity contribution in [3.05, 3.63) is 34.0 Å². The zero-order chi connectivity index (χ0) is 9.35. The van der Waals surface area contributed by atoms with Gasteiger partial charge in [-0.1, -0.05) is 35.0 Å². The topological polar surface area (TPSA) is 43.1 Å². The summed E-state index contributed by atoms with van der Waals surface area (Å²) in [6.45, 7) is 3.76. The summed E-state index contributed by atoms with van der Waals surface area (Å²) in [4.78, 5) is 10.2. The lowest BCUT2D eigenvalue weighted by atomic mass is 9.89. The van der Waals surface area contributed by atoms with Gasteiger partial charge < -0.3 is 0 Å². The summed E-state index contributed by atoms with van der Waals surface area (Å²) in [6, 6.07) is 0. The van der Waals surface area contributed by atoms with Crippen molar-refractivity contribution in [1.29, 1.82) is 0 Å². The Morgan fingerprint density at radius 2 is 2.33 bits per heavy atom. The van der Waals surface area contributed by atoms with Gasteiger partial charge >= 0.3 is 0 Å². The van der Waals surface area contributed by atoms with E-state index in [9.17, 15) is 10.1 Å². The Labute approximate surface area is 79.4 Å². The number of hydrogen-bond donors (Lipinski definition) is 0. The van der Waals surface area contributed by atoms with Gasteiger partial charge in [0.1, 0.15) is 0 Å². The van der Waals surface area contributed by atoms with E-state index in [1.54, 1.807) is 12.2 Å². The largest absolute Gasteiger partial charge is 0.259 e. The summed E-state index contributed by atoms with van der Waals surface area (Å²) in [5.74, 6) is -0.0995. The van der Waals surface area contributed by atoms with E-state index in [1.807, 2.05) is 19.9 Å². The first-order chi connectivity index (χ1) is 5.45. The van der Waals surface area contributed by atoms with Crippen LogP contribution < -0.4 is 0 Å². The molecule has 2 atom stereocenters. The molecule has 3 nitrogen and oxygen atoms in total. The first-order valence-corrected chi connectivity index (χ1v) is 4.47. The number of nitrogens with zero attached hydrogens (tertiary/aromatic N) is 1. The molecule has 0 amide bonds. The van der Waals surface area contributed by atoms with Crippen LogP contribution in [0.2, 0.25) is 0 Å². The predicted octanol–water partition coefficient (Wildman–Crippen LogP) is 2.51. The number of rotatable bonds is 1. The molecule has 0 radical (unpaired) electrons. The maximum absolute atomic E-state index is 10.5. The lowest BCUT2D eigenvalue weighted by Crippen LogP contribution is -2.29. The molecule has 4 heteroatoms. The van der Waals surface area contributed by atoms with Crippen molar-refractivity contribution in [3.63, 3.8) is 0 Å². The average molecular weight is 232 g/mol. The fourth-order valence-corrected chi connectivity index (χ4v) is 1.52. The molecule has 0 saturated heterocycles. The molecule has 0 aromatic heterocycles. The molecule has 1 aliphatic rings. The van der Waals surface area contributed by atoms with Gasteiger partial charge in [0.05, 0.1) is 15.2 Å². The normalized spacial score (nSPS) is 34.6. The van der Waals surface area contributed by atoms with Crippen LogP contribution in [0.15, 0.2) is 23.9 Å². The summed E-state index contributed by atoms with van der Waals surface area (Å²) in [7, 11) is 0. The maximum atomic E-state index is 10.5. The number of hydrogen-bond acceptors (Lipinski definition) is 2. The molecule has 0 N–H and O–H groups in total. The van der Waals surface area contributed by atoms with E-state index in [0.29, 0.717) is 0 Å². The summed E-state index contributed by atoms with van der Waals surface area (Å²) >= 11 is 3.43. The van der Waals surface area contributed by atoms with Crippen molar-refractivity contribution in [1.82, 2.24) is 0 Å². The number of halogens is 1. The van der Waals surface area contributed by atoms with Gasteiger partial charge in [0.2, 0.25) is 0 Å². The first-order valence-electron chi connectivity index (χ1n) is 3.68. The highest BCUT2D eigenvalue weighted by Gasteiger charge is 2.36. The Balaban J connectivity index is 2.99. The van der Waals surface area contributed by atoms with E-state index in [4.69, 9.17) is 0 Å². The van der Waals surface area contributed by atoms with Crippen LogP contribution in [-0.2, 0) is 0 Å². The van der Waals surface area contributed by atoms with Crippen LogP contribution in [0.25, 0.3) is 0 Å². The van der Waals surface area contributed by atoms with Crippen molar-refractivity contribution in [3.8, 4) is 0 Å². The van der Waals surface area contributed by atoms with Gasteiger partial charge in [0.25, 0.3) is 5.70 Å². The summed E-state index contributed by atoms with van der Waals surface area (Å²) in [5.41, 5.74) is 0.261. The molecule has 12 heavy (non-hydrogen) atoms. The summed E-state index contributed by atoms with van der Waals surface area (Å²) < 4.78 is -0.288. The van der Waals surface area contributed by atoms with Gasteiger partial charge in [-0.05, 0) is 6.92 Å². The second-order valence-electron chi connectivity index (χ2n) is 3.08. The Hall–Kier alpha value is -0.640. The van der Waals surface area contributed by atoms with E-state index in [-0.39, 0.29) is 20.9 Å². The van der Waals surface area contributed by atoms with Crippen LogP contribution in [0.5, 0.6) is 0 Å². The molecule has 0 bridgehead atoms. The highest BCUT2D eigenvalue weighted by atomic mass is 79.9. The quantitative estimate of drug-likeness (QED) is 0.396. The van der Waals surface area contributed by atoms with Crippen LogP contribution in [-0.4, -0.2) is 9.25 Å². The van der Waals surface area contributed by atoms with Gasteiger partial charge in [0.15, 0.2) is 0 Å². The Morgan fingerprint density at radius 3 is 2.75 bits per heavy atom. The molecule has 2 unspecified atom stereocenters. The third kappa shape index (κ3) is 1.58. The SMILES string of the molecule is CC1C([N+](=O)[O-])=CC=CC1(C)Br. The summed E-state index contributed by atoms with van der Waals surface area (Å²) in [5, 5.41) is 10.5.